The molecular weight excluding hydrogens is 298 g/mol. The number of amides is 1. The van der Waals surface area contributed by atoms with E-state index in [0.717, 1.165) is 18.6 Å². The Morgan fingerprint density at radius 3 is 2.74 bits per heavy atom. The third-order valence-corrected chi connectivity index (χ3v) is 3.70. The molecule has 1 aromatic carbocycles. The van der Waals surface area contributed by atoms with Crippen molar-refractivity contribution in [3.8, 4) is 5.75 Å². The number of benzene rings is 1. The van der Waals surface area contributed by atoms with Crippen molar-refractivity contribution in [2.24, 2.45) is 0 Å². The number of ether oxygens (including phenoxy) is 2. The van der Waals surface area contributed by atoms with Gasteiger partial charge in [-0.05, 0) is 30.7 Å². The molecule has 1 heterocycles. The smallest absolute Gasteiger partial charge is 0.306 e. The molecule has 1 amide bonds. The zero-order chi connectivity index (χ0) is 16.7. The fraction of sp³-hybridized carbons (Fsp3) is 0.529. The van der Waals surface area contributed by atoms with Gasteiger partial charge in [-0.3, -0.25) is 9.59 Å². The van der Waals surface area contributed by atoms with E-state index in [1.807, 2.05) is 0 Å². The molecule has 1 aliphatic rings. The minimum absolute atomic E-state index is 0.0893. The molecule has 1 saturated heterocycles. The van der Waals surface area contributed by atoms with Gasteiger partial charge in [-0.15, -0.1) is 0 Å². The van der Waals surface area contributed by atoms with Crippen LogP contribution in [0.1, 0.15) is 36.5 Å². The zero-order valence-electron chi connectivity index (χ0n) is 13.4. The number of carbonyl (C=O) groups excluding carboxylic acids is 1. The monoisotopic (exact) mass is 321 g/mol. The first-order chi connectivity index (χ1) is 11.1. The molecule has 2 rings (SSSR count). The largest absolute Gasteiger partial charge is 0.494 e. The van der Waals surface area contributed by atoms with Crippen molar-refractivity contribution >= 4 is 11.9 Å². The molecule has 23 heavy (non-hydrogen) atoms. The number of hydrogen-bond donors (Lipinski definition) is 1. The molecule has 1 fully saturated rings. The summed E-state index contributed by atoms with van der Waals surface area (Å²) in [6.45, 7) is 3.92. The van der Waals surface area contributed by atoms with E-state index in [-0.39, 0.29) is 12.3 Å². The molecule has 0 aliphatic carbocycles. The molecule has 126 valence electrons. The summed E-state index contributed by atoms with van der Waals surface area (Å²) in [5.74, 6) is -0.276. The molecule has 0 spiro atoms. The van der Waals surface area contributed by atoms with Gasteiger partial charge in [-0.1, -0.05) is 13.3 Å². The Hall–Kier alpha value is -2.08. The summed E-state index contributed by atoms with van der Waals surface area (Å²) < 4.78 is 11.0. The molecule has 0 bridgehead atoms. The van der Waals surface area contributed by atoms with Crippen molar-refractivity contribution in [3.63, 3.8) is 0 Å². The quantitative estimate of drug-likeness (QED) is 0.779. The lowest BCUT2D eigenvalue weighted by Crippen LogP contribution is -2.46. The molecule has 0 saturated carbocycles. The minimum atomic E-state index is -0.919. The molecule has 1 N–H and O–H groups in total. The first-order valence-corrected chi connectivity index (χ1v) is 7.95. The van der Waals surface area contributed by atoms with Gasteiger partial charge in [0.1, 0.15) is 5.75 Å². The molecule has 6 heteroatoms. The van der Waals surface area contributed by atoms with Gasteiger partial charge in [-0.2, -0.15) is 0 Å². The number of morpholine rings is 1. The first-order valence-electron chi connectivity index (χ1n) is 7.95. The molecule has 1 atom stereocenters. The second-order valence-corrected chi connectivity index (χ2v) is 5.57. The van der Waals surface area contributed by atoms with Crippen LogP contribution < -0.4 is 4.74 Å². The zero-order valence-corrected chi connectivity index (χ0v) is 13.4. The van der Waals surface area contributed by atoms with Crippen LogP contribution in [0.5, 0.6) is 5.75 Å². The summed E-state index contributed by atoms with van der Waals surface area (Å²) in [6.07, 6.45) is 1.54. The van der Waals surface area contributed by atoms with Crippen LogP contribution in [-0.4, -0.2) is 54.3 Å². The lowest BCUT2D eigenvalue weighted by Gasteiger charge is -2.32. The average Bonchev–Trinajstić information content (AvgIpc) is 2.55. The summed E-state index contributed by atoms with van der Waals surface area (Å²) in [6, 6.07) is 7.06. The van der Waals surface area contributed by atoms with Crippen LogP contribution in [-0.2, 0) is 9.53 Å². The Morgan fingerprint density at radius 2 is 2.09 bits per heavy atom. The van der Waals surface area contributed by atoms with E-state index >= 15 is 0 Å². The van der Waals surface area contributed by atoms with Crippen molar-refractivity contribution in [1.29, 1.82) is 0 Å². The molecule has 1 unspecified atom stereocenters. The molecule has 1 aliphatic heterocycles. The van der Waals surface area contributed by atoms with Crippen LogP contribution in [0, 0.1) is 0 Å². The topological polar surface area (TPSA) is 76.1 Å². The fourth-order valence-corrected chi connectivity index (χ4v) is 2.43. The van der Waals surface area contributed by atoms with E-state index in [2.05, 4.69) is 6.92 Å². The minimum Gasteiger partial charge on any atom is -0.494 e. The summed E-state index contributed by atoms with van der Waals surface area (Å²) >= 11 is 0. The van der Waals surface area contributed by atoms with E-state index in [1.54, 1.807) is 29.2 Å². The number of aliphatic carboxylic acids is 1. The second-order valence-electron chi connectivity index (χ2n) is 5.57. The number of carboxylic acid groups (broad SMARTS) is 1. The van der Waals surface area contributed by atoms with Crippen molar-refractivity contribution in [2.45, 2.75) is 32.3 Å². The van der Waals surface area contributed by atoms with E-state index in [0.29, 0.717) is 31.9 Å². The summed E-state index contributed by atoms with van der Waals surface area (Å²) in [7, 11) is 0. The first kappa shape index (κ1) is 17.3. The van der Waals surface area contributed by atoms with Gasteiger partial charge < -0.3 is 19.5 Å². The van der Waals surface area contributed by atoms with Crippen LogP contribution >= 0.6 is 0 Å². The molecule has 0 radical (unpaired) electrons. The Balaban J connectivity index is 1.92. The van der Waals surface area contributed by atoms with Crippen LogP contribution in [0.25, 0.3) is 0 Å². The van der Waals surface area contributed by atoms with Crippen molar-refractivity contribution in [2.75, 3.05) is 26.3 Å². The van der Waals surface area contributed by atoms with Crippen molar-refractivity contribution in [1.82, 2.24) is 4.90 Å². The van der Waals surface area contributed by atoms with Crippen LogP contribution in [0.3, 0.4) is 0 Å². The molecule has 6 nitrogen and oxygen atoms in total. The van der Waals surface area contributed by atoms with E-state index in [4.69, 9.17) is 14.6 Å². The summed E-state index contributed by atoms with van der Waals surface area (Å²) in [5, 5.41) is 8.83. The highest BCUT2D eigenvalue weighted by atomic mass is 16.5. The van der Waals surface area contributed by atoms with Gasteiger partial charge in [-0.25, -0.2) is 0 Å². The predicted octanol–water partition coefficient (Wildman–Crippen LogP) is 2.18. The van der Waals surface area contributed by atoms with Crippen molar-refractivity contribution < 1.29 is 24.2 Å². The summed E-state index contributed by atoms with van der Waals surface area (Å²) in [4.78, 5) is 24.9. The SMILES string of the molecule is CCCCOc1ccc(C(=O)N2CCOC(CC(=O)O)C2)cc1. The normalized spacial score (nSPS) is 17.8. The Bertz CT molecular complexity index is 528. The summed E-state index contributed by atoms with van der Waals surface area (Å²) in [5.41, 5.74) is 0.573. The molecule has 0 aromatic heterocycles. The number of rotatable bonds is 7. The van der Waals surface area contributed by atoms with Gasteiger partial charge in [0, 0.05) is 18.7 Å². The van der Waals surface area contributed by atoms with Crippen LogP contribution in [0.4, 0.5) is 0 Å². The van der Waals surface area contributed by atoms with Gasteiger partial charge in [0.15, 0.2) is 0 Å². The number of carbonyl (C=O) groups is 2. The average molecular weight is 321 g/mol. The third-order valence-electron chi connectivity index (χ3n) is 3.70. The fourth-order valence-electron chi connectivity index (χ4n) is 2.43. The second kappa shape index (κ2) is 8.53. The van der Waals surface area contributed by atoms with E-state index in [1.165, 1.54) is 0 Å². The maximum absolute atomic E-state index is 12.5. The molecular formula is C17H23NO5. The number of hydrogen-bond acceptors (Lipinski definition) is 4. The maximum Gasteiger partial charge on any atom is 0.306 e. The van der Waals surface area contributed by atoms with Gasteiger partial charge in [0.05, 0.1) is 25.7 Å². The standard InChI is InChI=1S/C17H23NO5/c1-2-3-9-22-14-6-4-13(5-7-14)17(21)18-8-10-23-15(12-18)11-16(19)20/h4-7,15H,2-3,8-12H2,1H3,(H,19,20). The van der Waals surface area contributed by atoms with E-state index < -0.39 is 12.1 Å². The lowest BCUT2D eigenvalue weighted by molar-refractivity contribution is -0.141. The Kier molecular flexibility index (Phi) is 6.40. The van der Waals surface area contributed by atoms with Gasteiger partial charge >= 0.3 is 5.97 Å². The maximum atomic E-state index is 12.5. The number of carboxylic acids is 1. The van der Waals surface area contributed by atoms with Crippen LogP contribution in [0.15, 0.2) is 24.3 Å². The third kappa shape index (κ3) is 5.25. The van der Waals surface area contributed by atoms with E-state index in [9.17, 15) is 9.59 Å². The lowest BCUT2D eigenvalue weighted by atomic mass is 10.1. The Morgan fingerprint density at radius 1 is 1.35 bits per heavy atom. The van der Waals surface area contributed by atoms with Crippen LogP contribution in [0.2, 0.25) is 0 Å². The highest BCUT2D eigenvalue weighted by molar-refractivity contribution is 5.94. The highest BCUT2D eigenvalue weighted by Crippen LogP contribution is 2.16. The highest BCUT2D eigenvalue weighted by Gasteiger charge is 2.26. The number of unbranched alkanes of at least 4 members (excludes halogenated alkanes) is 1. The van der Waals surface area contributed by atoms with Crippen molar-refractivity contribution in [3.05, 3.63) is 29.8 Å². The predicted molar refractivity (Wildman–Crippen MR) is 84.7 cm³/mol. The number of nitrogens with zero attached hydrogens (tertiary/aromatic N) is 1. The van der Waals surface area contributed by atoms with Gasteiger partial charge in [0.25, 0.3) is 5.91 Å². The van der Waals surface area contributed by atoms with Gasteiger partial charge in [0.2, 0.25) is 0 Å². The Labute approximate surface area is 136 Å². The molecule has 1 aromatic rings.